The maximum Gasteiger partial charge on any atom is 0.387 e. The van der Waals surface area contributed by atoms with Gasteiger partial charge < -0.3 is 19.5 Å². The molecule has 0 saturated heterocycles. The Labute approximate surface area is 145 Å². The average molecular weight is 358 g/mol. The van der Waals surface area contributed by atoms with Crippen LogP contribution in [0.5, 0.6) is 17.2 Å². The van der Waals surface area contributed by atoms with E-state index in [-0.39, 0.29) is 23.9 Å². The SMILES string of the molecule is COc1ccc(-c2ccc3c(c2)CNCCO3)cc1OC(F)F.Cl. The number of nitrogens with one attached hydrogen (secondary N) is 1. The molecule has 2 aromatic rings. The molecule has 4 nitrogen and oxygen atoms in total. The quantitative estimate of drug-likeness (QED) is 0.901. The Hall–Kier alpha value is -2.05. The number of halogens is 3. The molecule has 0 atom stereocenters. The van der Waals surface area contributed by atoms with Crippen LogP contribution in [0, 0.1) is 0 Å². The summed E-state index contributed by atoms with van der Waals surface area (Å²) < 4.78 is 40.3. The summed E-state index contributed by atoms with van der Waals surface area (Å²) in [5.74, 6) is 1.13. The van der Waals surface area contributed by atoms with Crippen LogP contribution in [0.1, 0.15) is 5.56 Å². The van der Waals surface area contributed by atoms with E-state index in [1.165, 1.54) is 7.11 Å². The Kier molecular flexibility index (Phi) is 6.23. The molecule has 0 aliphatic carbocycles. The molecule has 1 N–H and O–H groups in total. The summed E-state index contributed by atoms with van der Waals surface area (Å²) in [7, 11) is 1.42. The van der Waals surface area contributed by atoms with Crippen LogP contribution in [-0.2, 0) is 6.54 Å². The number of ether oxygens (including phenoxy) is 3. The number of rotatable bonds is 4. The van der Waals surface area contributed by atoms with Crippen LogP contribution in [0.25, 0.3) is 11.1 Å². The van der Waals surface area contributed by atoms with Crippen LogP contribution in [0.3, 0.4) is 0 Å². The summed E-state index contributed by atoms with van der Waals surface area (Å²) in [4.78, 5) is 0. The van der Waals surface area contributed by atoms with Gasteiger partial charge in [-0.3, -0.25) is 0 Å². The standard InChI is InChI=1S/C17H17F2NO3.ClH/c1-21-15-5-3-12(9-16(15)23-17(18)19)11-2-4-14-13(8-11)10-20-6-7-22-14;/h2-5,8-9,17,20H,6-7,10H2,1H3;1H. The van der Waals surface area contributed by atoms with E-state index >= 15 is 0 Å². The topological polar surface area (TPSA) is 39.7 Å². The summed E-state index contributed by atoms with van der Waals surface area (Å²) in [6.07, 6.45) is 0. The highest BCUT2D eigenvalue weighted by molar-refractivity contribution is 5.85. The third-order valence-electron chi connectivity index (χ3n) is 3.63. The second-order valence-corrected chi connectivity index (χ2v) is 5.09. The molecule has 1 heterocycles. The molecule has 3 rings (SSSR count). The van der Waals surface area contributed by atoms with Crippen molar-refractivity contribution in [1.82, 2.24) is 5.32 Å². The van der Waals surface area contributed by atoms with Gasteiger partial charge in [0.05, 0.1) is 7.11 Å². The summed E-state index contributed by atoms with van der Waals surface area (Å²) in [5, 5.41) is 3.27. The van der Waals surface area contributed by atoms with E-state index in [1.807, 2.05) is 24.3 Å². The largest absolute Gasteiger partial charge is 0.493 e. The van der Waals surface area contributed by atoms with Gasteiger partial charge >= 0.3 is 6.61 Å². The van der Waals surface area contributed by atoms with Gasteiger partial charge in [-0.25, -0.2) is 0 Å². The van der Waals surface area contributed by atoms with Gasteiger partial charge in [0.25, 0.3) is 0 Å². The van der Waals surface area contributed by atoms with E-state index < -0.39 is 6.61 Å². The van der Waals surface area contributed by atoms with Crippen molar-refractivity contribution >= 4 is 12.4 Å². The minimum absolute atomic E-state index is 0. The van der Waals surface area contributed by atoms with Crippen molar-refractivity contribution in [3.05, 3.63) is 42.0 Å². The lowest BCUT2D eigenvalue weighted by Crippen LogP contribution is -2.16. The van der Waals surface area contributed by atoms with Gasteiger partial charge in [0, 0.05) is 18.7 Å². The highest BCUT2D eigenvalue weighted by Gasteiger charge is 2.14. The number of fused-ring (bicyclic) bond motifs is 1. The smallest absolute Gasteiger partial charge is 0.387 e. The predicted octanol–water partition coefficient (Wildman–Crippen LogP) is 3.87. The van der Waals surface area contributed by atoms with Crippen LogP contribution in [-0.4, -0.2) is 26.9 Å². The molecule has 0 fully saturated rings. The van der Waals surface area contributed by atoms with E-state index in [1.54, 1.807) is 12.1 Å². The Bertz CT molecular complexity index is 698. The first kappa shape index (κ1) is 18.3. The third kappa shape index (κ3) is 4.07. The zero-order chi connectivity index (χ0) is 16.2. The second kappa shape index (κ2) is 8.17. The van der Waals surface area contributed by atoms with Crippen molar-refractivity contribution in [2.24, 2.45) is 0 Å². The van der Waals surface area contributed by atoms with Crippen molar-refractivity contribution in [1.29, 1.82) is 0 Å². The van der Waals surface area contributed by atoms with Crippen molar-refractivity contribution in [3.63, 3.8) is 0 Å². The first-order valence-corrected chi connectivity index (χ1v) is 7.27. The number of hydrogen-bond acceptors (Lipinski definition) is 4. The summed E-state index contributed by atoms with van der Waals surface area (Å²) in [6.45, 7) is -0.774. The normalized spacial score (nSPS) is 13.3. The molecule has 130 valence electrons. The molecule has 0 amide bonds. The first-order chi connectivity index (χ1) is 11.2. The van der Waals surface area contributed by atoms with Crippen molar-refractivity contribution in [2.45, 2.75) is 13.2 Å². The van der Waals surface area contributed by atoms with Gasteiger partial charge in [-0.05, 0) is 35.4 Å². The Morgan fingerprint density at radius 3 is 2.58 bits per heavy atom. The van der Waals surface area contributed by atoms with E-state index in [0.717, 1.165) is 29.0 Å². The lowest BCUT2D eigenvalue weighted by Gasteiger charge is -2.13. The Morgan fingerprint density at radius 1 is 1.08 bits per heavy atom. The van der Waals surface area contributed by atoms with Gasteiger partial charge in [0.2, 0.25) is 0 Å². The molecule has 0 aromatic heterocycles. The van der Waals surface area contributed by atoms with Crippen molar-refractivity contribution in [3.8, 4) is 28.4 Å². The molecule has 24 heavy (non-hydrogen) atoms. The fourth-order valence-electron chi connectivity index (χ4n) is 2.54. The monoisotopic (exact) mass is 357 g/mol. The Balaban J connectivity index is 0.00000208. The molecule has 0 radical (unpaired) electrons. The second-order valence-electron chi connectivity index (χ2n) is 5.09. The minimum atomic E-state index is -2.90. The zero-order valence-corrected chi connectivity index (χ0v) is 13.9. The van der Waals surface area contributed by atoms with Gasteiger partial charge in [-0.15, -0.1) is 12.4 Å². The summed E-state index contributed by atoms with van der Waals surface area (Å²) in [6, 6.07) is 10.8. The van der Waals surface area contributed by atoms with E-state index in [4.69, 9.17) is 9.47 Å². The number of alkyl halides is 2. The zero-order valence-electron chi connectivity index (χ0n) is 13.1. The lowest BCUT2D eigenvalue weighted by atomic mass is 10.0. The van der Waals surface area contributed by atoms with E-state index in [2.05, 4.69) is 10.1 Å². The molecule has 0 bridgehead atoms. The first-order valence-electron chi connectivity index (χ1n) is 7.27. The van der Waals surface area contributed by atoms with Crippen LogP contribution in [0.2, 0.25) is 0 Å². The molecular weight excluding hydrogens is 340 g/mol. The fourth-order valence-corrected chi connectivity index (χ4v) is 2.54. The molecule has 7 heteroatoms. The number of hydrogen-bond donors (Lipinski definition) is 1. The van der Waals surface area contributed by atoms with E-state index in [0.29, 0.717) is 13.2 Å². The highest BCUT2D eigenvalue weighted by Crippen LogP contribution is 2.35. The molecule has 1 aliphatic rings. The molecule has 0 unspecified atom stereocenters. The molecule has 0 spiro atoms. The van der Waals surface area contributed by atoms with Crippen LogP contribution < -0.4 is 19.5 Å². The molecular formula is C17H18ClF2NO3. The molecule has 2 aromatic carbocycles. The number of methoxy groups -OCH3 is 1. The molecule has 0 saturated carbocycles. The summed E-state index contributed by atoms with van der Waals surface area (Å²) in [5.41, 5.74) is 2.71. The van der Waals surface area contributed by atoms with Crippen LogP contribution in [0.4, 0.5) is 8.78 Å². The minimum Gasteiger partial charge on any atom is -0.493 e. The number of benzene rings is 2. The van der Waals surface area contributed by atoms with Gasteiger partial charge in [0.15, 0.2) is 11.5 Å². The highest BCUT2D eigenvalue weighted by atomic mass is 35.5. The molecule has 1 aliphatic heterocycles. The van der Waals surface area contributed by atoms with Gasteiger partial charge in [-0.2, -0.15) is 8.78 Å². The van der Waals surface area contributed by atoms with Gasteiger partial charge in [-0.1, -0.05) is 12.1 Å². The maximum absolute atomic E-state index is 12.5. The van der Waals surface area contributed by atoms with Crippen molar-refractivity contribution < 1.29 is 23.0 Å². The third-order valence-corrected chi connectivity index (χ3v) is 3.63. The lowest BCUT2D eigenvalue weighted by molar-refractivity contribution is -0.0511. The van der Waals surface area contributed by atoms with E-state index in [9.17, 15) is 8.78 Å². The maximum atomic E-state index is 12.5. The van der Waals surface area contributed by atoms with Crippen molar-refractivity contribution in [2.75, 3.05) is 20.3 Å². The van der Waals surface area contributed by atoms with Crippen LogP contribution >= 0.6 is 12.4 Å². The van der Waals surface area contributed by atoms with Crippen LogP contribution in [0.15, 0.2) is 36.4 Å². The predicted molar refractivity (Wildman–Crippen MR) is 89.5 cm³/mol. The van der Waals surface area contributed by atoms with Gasteiger partial charge in [0.1, 0.15) is 12.4 Å². The average Bonchev–Trinajstić information content (AvgIpc) is 2.78. The fraction of sp³-hybridized carbons (Fsp3) is 0.294. The summed E-state index contributed by atoms with van der Waals surface area (Å²) >= 11 is 0. The Morgan fingerprint density at radius 2 is 1.83 bits per heavy atom.